The van der Waals surface area contributed by atoms with Gasteiger partial charge in [0.15, 0.2) is 5.69 Å². The van der Waals surface area contributed by atoms with Gasteiger partial charge in [-0.25, -0.2) is 4.98 Å². The van der Waals surface area contributed by atoms with E-state index in [2.05, 4.69) is 18.8 Å². The molecule has 1 amide bonds. The van der Waals surface area contributed by atoms with Gasteiger partial charge in [-0.05, 0) is 25.0 Å². The molecule has 0 saturated carbocycles. The average molecular weight is 221 g/mol. The summed E-state index contributed by atoms with van der Waals surface area (Å²) in [5, 5.41) is 0. The Morgan fingerprint density at radius 1 is 1.50 bits per heavy atom. The maximum absolute atomic E-state index is 12.1. The lowest BCUT2D eigenvalue weighted by atomic mass is 10.1. The van der Waals surface area contributed by atoms with Gasteiger partial charge in [-0.2, -0.15) is 0 Å². The first kappa shape index (κ1) is 12.5. The van der Waals surface area contributed by atoms with E-state index in [1.165, 1.54) is 0 Å². The molecular weight excluding hydrogens is 202 g/mol. The molecule has 0 aliphatic rings. The number of carbonyl (C=O) groups is 1. The Kier molecular flexibility index (Phi) is 4.28. The van der Waals surface area contributed by atoms with Crippen molar-refractivity contribution in [2.45, 2.75) is 32.7 Å². The van der Waals surface area contributed by atoms with Crippen LogP contribution in [0, 0.1) is 0 Å². The first-order valence-corrected chi connectivity index (χ1v) is 5.59. The van der Waals surface area contributed by atoms with E-state index in [0.717, 1.165) is 12.8 Å². The van der Waals surface area contributed by atoms with Gasteiger partial charge in [-0.15, -0.1) is 0 Å². The zero-order chi connectivity index (χ0) is 12.1. The number of nitrogen functional groups attached to an aromatic ring is 1. The molecule has 1 rings (SSSR count). The van der Waals surface area contributed by atoms with Gasteiger partial charge in [-0.1, -0.05) is 13.8 Å². The standard InChI is InChI=1S/C12H19N3O/c1-4-9(5-2)15(3)12(16)11-10(13)7-6-8-14-11/h6-9H,4-5,13H2,1-3H3. The van der Waals surface area contributed by atoms with Crippen molar-refractivity contribution < 1.29 is 4.79 Å². The number of nitrogens with zero attached hydrogens (tertiary/aromatic N) is 2. The van der Waals surface area contributed by atoms with E-state index in [-0.39, 0.29) is 11.9 Å². The van der Waals surface area contributed by atoms with Crippen molar-refractivity contribution >= 4 is 11.6 Å². The van der Waals surface area contributed by atoms with E-state index in [0.29, 0.717) is 11.4 Å². The van der Waals surface area contributed by atoms with E-state index < -0.39 is 0 Å². The lowest BCUT2D eigenvalue weighted by Gasteiger charge is -2.26. The topological polar surface area (TPSA) is 59.2 Å². The van der Waals surface area contributed by atoms with Gasteiger partial charge in [0, 0.05) is 19.3 Å². The Morgan fingerprint density at radius 2 is 2.12 bits per heavy atom. The molecule has 1 aromatic rings. The summed E-state index contributed by atoms with van der Waals surface area (Å²) in [5.74, 6) is -0.105. The van der Waals surface area contributed by atoms with Gasteiger partial charge >= 0.3 is 0 Å². The zero-order valence-electron chi connectivity index (χ0n) is 10.1. The SMILES string of the molecule is CCC(CC)N(C)C(=O)c1ncccc1N. The van der Waals surface area contributed by atoms with Crippen molar-refractivity contribution in [1.82, 2.24) is 9.88 Å². The molecule has 0 saturated heterocycles. The van der Waals surface area contributed by atoms with E-state index in [9.17, 15) is 4.79 Å². The van der Waals surface area contributed by atoms with Gasteiger partial charge in [0.05, 0.1) is 5.69 Å². The van der Waals surface area contributed by atoms with Crippen molar-refractivity contribution in [3.63, 3.8) is 0 Å². The third-order valence-electron chi connectivity index (χ3n) is 2.85. The predicted molar refractivity (Wildman–Crippen MR) is 65.1 cm³/mol. The number of pyridine rings is 1. The summed E-state index contributed by atoms with van der Waals surface area (Å²) in [6.45, 7) is 4.14. The van der Waals surface area contributed by atoms with E-state index >= 15 is 0 Å². The number of rotatable bonds is 4. The Hall–Kier alpha value is -1.58. The number of amides is 1. The minimum atomic E-state index is -0.105. The number of hydrogen-bond acceptors (Lipinski definition) is 3. The molecule has 1 heterocycles. The third kappa shape index (κ3) is 2.51. The van der Waals surface area contributed by atoms with Crippen LogP contribution in [0.25, 0.3) is 0 Å². The lowest BCUT2D eigenvalue weighted by molar-refractivity contribution is 0.0719. The number of hydrogen-bond donors (Lipinski definition) is 1. The summed E-state index contributed by atoms with van der Waals surface area (Å²) in [5.41, 5.74) is 6.51. The fraction of sp³-hybridized carbons (Fsp3) is 0.500. The molecule has 0 atom stereocenters. The van der Waals surface area contributed by atoms with Crippen LogP contribution in [0.15, 0.2) is 18.3 Å². The monoisotopic (exact) mass is 221 g/mol. The molecule has 16 heavy (non-hydrogen) atoms. The van der Waals surface area contributed by atoms with Crippen LogP contribution in [0.3, 0.4) is 0 Å². The molecule has 4 nitrogen and oxygen atoms in total. The van der Waals surface area contributed by atoms with Crippen LogP contribution in [0.5, 0.6) is 0 Å². The van der Waals surface area contributed by atoms with Crippen molar-refractivity contribution in [2.75, 3.05) is 12.8 Å². The smallest absolute Gasteiger partial charge is 0.274 e. The van der Waals surface area contributed by atoms with Crippen LogP contribution >= 0.6 is 0 Å². The summed E-state index contributed by atoms with van der Waals surface area (Å²) >= 11 is 0. The van der Waals surface area contributed by atoms with E-state index in [4.69, 9.17) is 5.73 Å². The van der Waals surface area contributed by atoms with Crippen molar-refractivity contribution in [3.05, 3.63) is 24.0 Å². The maximum atomic E-state index is 12.1. The van der Waals surface area contributed by atoms with Gasteiger partial charge in [0.2, 0.25) is 0 Å². The minimum absolute atomic E-state index is 0.105. The summed E-state index contributed by atoms with van der Waals surface area (Å²) in [6.07, 6.45) is 3.46. The highest BCUT2D eigenvalue weighted by Crippen LogP contribution is 2.14. The van der Waals surface area contributed by atoms with Gasteiger partial charge in [-0.3, -0.25) is 4.79 Å². The molecule has 4 heteroatoms. The second-order valence-electron chi connectivity index (χ2n) is 3.83. The minimum Gasteiger partial charge on any atom is -0.397 e. The second-order valence-corrected chi connectivity index (χ2v) is 3.83. The molecule has 0 radical (unpaired) electrons. The summed E-state index contributed by atoms with van der Waals surface area (Å²) in [6, 6.07) is 3.67. The van der Waals surface area contributed by atoms with Crippen LogP contribution in [0.2, 0.25) is 0 Å². The average Bonchev–Trinajstić information content (AvgIpc) is 2.30. The van der Waals surface area contributed by atoms with Crippen molar-refractivity contribution in [3.8, 4) is 0 Å². The van der Waals surface area contributed by atoms with Crippen LogP contribution in [0.4, 0.5) is 5.69 Å². The molecule has 1 aromatic heterocycles. The van der Waals surface area contributed by atoms with E-state index in [1.54, 1.807) is 30.3 Å². The molecule has 0 aliphatic carbocycles. The van der Waals surface area contributed by atoms with Gasteiger partial charge in [0.25, 0.3) is 5.91 Å². The highest BCUT2D eigenvalue weighted by molar-refractivity contribution is 5.97. The predicted octanol–water partition coefficient (Wildman–Crippen LogP) is 1.92. The fourth-order valence-electron chi connectivity index (χ4n) is 1.77. The third-order valence-corrected chi connectivity index (χ3v) is 2.85. The van der Waals surface area contributed by atoms with E-state index in [1.807, 2.05) is 0 Å². The highest BCUT2D eigenvalue weighted by Gasteiger charge is 2.20. The molecular formula is C12H19N3O. The molecule has 0 unspecified atom stereocenters. The number of nitrogens with two attached hydrogens (primary N) is 1. The molecule has 88 valence electrons. The maximum Gasteiger partial charge on any atom is 0.274 e. The molecule has 0 bridgehead atoms. The second kappa shape index (κ2) is 5.49. The van der Waals surface area contributed by atoms with Crippen LogP contribution < -0.4 is 5.73 Å². The number of carbonyl (C=O) groups excluding carboxylic acids is 1. The van der Waals surface area contributed by atoms with Crippen LogP contribution in [-0.4, -0.2) is 28.9 Å². The fourth-order valence-corrected chi connectivity index (χ4v) is 1.77. The normalized spacial score (nSPS) is 10.5. The summed E-state index contributed by atoms with van der Waals surface area (Å²) in [7, 11) is 1.80. The first-order chi connectivity index (χ1) is 7.61. The lowest BCUT2D eigenvalue weighted by Crippen LogP contribution is -2.37. The van der Waals surface area contributed by atoms with Crippen LogP contribution in [-0.2, 0) is 0 Å². The largest absolute Gasteiger partial charge is 0.397 e. The number of anilines is 1. The quantitative estimate of drug-likeness (QED) is 0.845. The molecule has 0 aliphatic heterocycles. The van der Waals surface area contributed by atoms with Crippen LogP contribution in [0.1, 0.15) is 37.2 Å². The first-order valence-electron chi connectivity index (χ1n) is 5.59. The van der Waals surface area contributed by atoms with Gasteiger partial charge in [0.1, 0.15) is 0 Å². The summed E-state index contributed by atoms with van der Waals surface area (Å²) < 4.78 is 0. The Morgan fingerprint density at radius 3 is 2.62 bits per heavy atom. The Balaban J connectivity index is 2.90. The molecule has 0 spiro atoms. The zero-order valence-corrected chi connectivity index (χ0v) is 10.1. The molecule has 2 N–H and O–H groups in total. The van der Waals surface area contributed by atoms with Crippen molar-refractivity contribution in [2.24, 2.45) is 0 Å². The van der Waals surface area contributed by atoms with Crippen molar-refractivity contribution in [1.29, 1.82) is 0 Å². The Labute approximate surface area is 96.5 Å². The van der Waals surface area contributed by atoms with Gasteiger partial charge < -0.3 is 10.6 Å². The molecule has 0 aromatic carbocycles. The molecule has 0 fully saturated rings. The number of aromatic nitrogens is 1. The highest BCUT2D eigenvalue weighted by atomic mass is 16.2. The Bertz CT molecular complexity index is 361. The summed E-state index contributed by atoms with van der Waals surface area (Å²) in [4.78, 5) is 17.9.